The standard InChI is InChI=1S/C15H16N2O5/c18-12-10(15(21)22)8-16-6-7-17(9-4-2-1-3-5-9)14(20)11(16)13(12)19/h6-9,19H,1-5H2,(H,21,22). The van der Waals surface area contributed by atoms with E-state index in [9.17, 15) is 19.5 Å². The molecule has 0 spiro atoms. The molecule has 7 heteroatoms. The molecule has 2 aromatic heterocycles. The molecule has 1 fully saturated rings. The maximum Gasteiger partial charge on any atom is 0.341 e. The molecule has 1 aliphatic carbocycles. The number of carboxylic acid groups (broad SMARTS) is 1. The van der Waals surface area contributed by atoms with Crippen LogP contribution in [0.5, 0.6) is 5.75 Å². The van der Waals surface area contributed by atoms with E-state index in [0.717, 1.165) is 38.3 Å². The van der Waals surface area contributed by atoms with Gasteiger partial charge in [-0.2, -0.15) is 0 Å². The van der Waals surface area contributed by atoms with Crippen molar-refractivity contribution in [2.45, 2.75) is 38.1 Å². The Bertz CT molecular complexity index is 859. The Morgan fingerprint density at radius 3 is 2.45 bits per heavy atom. The minimum atomic E-state index is -1.44. The molecule has 7 nitrogen and oxygen atoms in total. The molecule has 0 saturated heterocycles. The molecule has 0 aliphatic heterocycles. The topological polar surface area (TPSA) is 101 Å². The number of rotatable bonds is 2. The number of aromatic nitrogens is 2. The van der Waals surface area contributed by atoms with E-state index in [1.807, 2.05) is 0 Å². The zero-order chi connectivity index (χ0) is 15.9. The first-order valence-electron chi connectivity index (χ1n) is 7.23. The van der Waals surface area contributed by atoms with E-state index in [2.05, 4.69) is 0 Å². The van der Waals surface area contributed by atoms with Crippen molar-refractivity contribution in [2.24, 2.45) is 0 Å². The fourth-order valence-corrected chi connectivity index (χ4v) is 3.08. The lowest BCUT2D eigenvalue weighted by Gasteiger charge is -2.24. The highest BCUT2D eigenvalue weighted by Crippen LogP contribution is 2.27. The number of nitrogens with zero attached hydrogens (tertiary/aromatic N) is 2. The van der Waals surface area contributed by atoms with E-state index >= 15 is 0 Å². The Kier molecular flexibility index (Phi) is 3.48. The van der Waals surface area contributed by atoms with Gasteiger partial charge in [0.15, 0.2) is 11.3 Å². The number of fused-ring (bicyclic) bond motifs is 1. The third kappa shape index (κ3) is 2.18. The lowest BCUT2D eigenvalue weighted by atomic mass is 9.95. The van der Waals surface area contributed by atoms with Gasteiger partial charge in [-0.25, -0.2) is 4.79 Å². The summed E-state index contributed by atoms with van der Waals surface area (Å²) < 4.78 is 2.73. The number of hydrogen-bond donors (Lipinski definition) is 2. The summed E-state index contributed by atoms with van der Waals surface area (Å²) >= 11 is 0. The Morgan fingerprint density at radius 1 is 1.14 bits per heavy atom. The predicted octanol–water partition coefficient (Wildman–Crippen LogP) is 1.37. The molecule has 2 aromatic rings. The van der Waals surface area contributed by atoms with Crippen LogP contribution in [0.2, 0.25) is 0 Å². The van der Waals surface area contributed by atoms with Crippen molar-refractivity contribution in [2.75, 3.05) is 0 Å². The molecular weight excluding hydrogens is 288 g/mol. The third-order valence-corrected chi connectivity index (χ3v) is 4.23. The van der Waals surface area contributed by atoms with E-state index in [1.165, 1.54) is 15.2 Å². The summed E-state index contributed by atoms with van der Waals surface area (Å²) in [5, 5.41) is 19.0. The van der Waals surface area contributed by atoms with Crippen LogP contribution in [0.1, 0.15) is 48.5 Å². The molecule has 1 aliphatic rings. The molecule has 0 aromatic carbocycles. The average Bonchev–Trinajstić information content (AvgIpc) is 2.51. The van der Waals surface area contributed by atoms with E-state index in [0.29, 0.717) is 0 Å². The molecular formula is C15H16N2O5. The second-order valence-corrected chi connectivity index (χ2v) is 5.58. The summed E-state index contributed by atoms with van der Waals surface area (Å²) in [7, 11) is 0. The van der Waals surface area contributed by atoms with Gasteiger partial charge in [0.2, 0.25) is 5.43 Å². The molecule has 0 radical (unpaired) electrons. The van der Waals surface area contributed by atoms with Crippen molar-refractivity contribution in [3.8, 4) is 5.75 Å². The maximum atomic E-state index is 12.6. The van der Waals surface area contributed by atoms with Gasteiger partial charge in [-0.15, -0.1) is 0 Å². The van der Waals surface area contributed by atoms with Crippen LogP contribution in [0, 0.1) is 0 Å². The quantitative estimate of drug-likeness (QED) is 0.872. The Morgan fingerprint density at radius 2 is 1.82 bits per heavy atom. The molecule has 3 rings (SSSR count). The molecule has 2 heterocycles. The number of pyridine rings is 1. The minimum absolute atomic E-state index is 0.0555. The van der Waals surface area contributed by atoms with Gasteiger partial charge in [0, 0.05) is 24.6 Å². The number of carboxylic acids is 1. The van der Waals surface area contributed by atoms with Crippen molar-refractivity contribution < 1.29 is 15.0 Å². The first kappa shape index (κ1) is 14.4. The Labute approximate surface area is 125 Å². The van der Waals surface area contributed by atoms with Gasteiger partial charge >= 0.3 is 5.97 Å². The van der Waals surface area contributed by atoms with Crippen LogP contribution in [0.25, 0.3) is 5.52 Å². The largest absolute Gasteiger partial charge is 0.503 e. The molecule has 0 amide bonds. The molecule has 2 N–H and O–H groups in total. The van der Waals surface area contributed by atoms with E-state index in [1.54, 1.807) is 6.20 Å². The number of hydrogen-bond acceptors (Lipinski definition) is 4. The summed E-state index contributed by atoms with van der Waals surface area (Å²) in [4.78, 5) is 35.5. The SMILES string of the molecule is O=C(O)c1cn2ccn(C3CCCCC3)c(=O)c2c(O)c1=O. The molecule has 116 valence electrons. The van der Waals surface area contributed by atoms with Crippen LogP contribution in [0.4, 0.5) is 0 Å². The van der Waals surface area contributed by atoms with Gasteiger partial charge in [-0.1, -0.05) is 19.3 Å². The van der Waals surface area contributed by atoms with Crippen LogP contribution in [0.3, 0.4) is 0 Å². The molecule has 0 bridgehead atoms. The summed E-state index contributed by atoms with van der Waals surface area (Å²) in [6.07, 6.45) is 9.14. The van der Waals surface area contributed by atoms with Crippen LogP contribution in [-0.4, -0.2) is 25.2 Å². The summed E-state index contributed by atoms with van der Waals surface area (Å²) in [6.45, 7) is 0. The first-order valence-corrected chi connectivity index (χ1v) is 7.23. The molecule has 22 heavy (non-hydrogen) atoms. The van der Waals surface area contributed by atoms with E-state index in [4.69, 9.17) is 5.11 Å². The number of aromatic hydroxyl groups is 1. The zero-order valence-electron chi connectivity index (χ0n) is 11.9. The fraction of sp³-hybridized carbons (Fsp3) is 0.400. The lowest BCUT2D eigenvalue weighted by Crippen LogP contribution is -2.29. The van der Waals surface area contributed by atoms with Crippen molar-refractivity contribution in [3.05, 3.63) is 44.7 Å². The lowest BCUT2D eigenvalue weighted by molar-refractivity contribution is 0.0694. The normalized spacial score (nSPS) is 16.0. The fourth-order valence-electron chi connectivity index (χ4n) is 3.08. The zero-order valence-corrected chi connectivity index (χ0v) is 11.9. The number of carbonyl (C=O) groups is 1. The van der Waals surface area contributed by atoms with Gasteiger partial charge < -0.3 is 19.2 Å². The Hall–Kier alpha value is -2.57. The second-order valence-electron chi connectivity index (χ2n) is 5.58. The summed E-state index contributed by atoms with van der Waals surface area (Å²) in [5.41, 5.74) is -2.25. The van der Waals surface area contributed by atoms with Gasteiger partial charge in [0.25, 0.3) is 5.56 Å². The summed E-state index contributed by atoms with van der Waals surface area (Å²) in [5.74, 6) is -2.25. The van der Waals surface area contributed by atoms with Crippen molar-refractivity contribution in [1.29, 1.82) is 0 Å². The van der Waals surface area contributed by atoms with Crippen molar-refractivity contribution in [3.63, 3.8) is 0 Å². The monoisotopic (exact) mass is 304 g/mol. The highest BCUT2D eigenvalue weighted by molar-refractivity contribution is 5.88. The first-order chi connectivity index (χ1) is 10.5. The van der Waals surface area contributed by atoms with Crippen molar-refractivity contribution in [1.82, 2.24) is 8.97 Å². The Balaban J connectivity index is 2.25. The molecule has 0 atom stereocenters. The van der Waals surface area contributed by atoms with Crippen LogP contribution >= 0.6 is 0 Å². The highest BCUT2D eigenvalue weighted by Gasteiger charge is 2.21. The van der Waals surface area contributed by atoms with Crippen LogP contribution in [0.15, 0.2) is 28.2 Å². The summed E-state index contributed by atoms with van der Waals surface area (Å²) in [6, 6.07) is 0.0555. The van der Waals surface area contributed by atoms with Gasteiger partial charge in [-0.05, 0) is 12.8 Å². The van der Waals surface area contributed by atoms with E-state index < -0.39 is 28.3 Å². The van der Waals surface area contributed by atoms with Crippen LogP contribution < -0.4 is 11.0 Å². The maximum absolute atomic E-state index is 12.6. The van der Waals surface area contributed by atoms with Crippen LogP contribution in [-0.2, 0) is 0 Å². The van der Waals surface area contributed by atoms with Gasteiger partial charge in [-0.3, -0.25) is 9.59 Å². The second kappa shape index (κ2) is 5.32. The minimum Gasteiger partial charge on any atom is -0.503 e. The average molecular weight is 304 g/mol. The smallest absolute Gasteiger partial charge is 0.341 e. The van der Waals surface area contributed by atoms with Gasteiger partial charge in [0.05, 0.1) is 0 Å². The molecule has 0 unspecified atom stereocenters. The third-order valence-electron chi connectivity index (χ3n) is 4.23. The van der Waals surface area contributed by atoms with E-state index in [-0.39, 0.29) is 11.6 Å². The molecule has 1 saturated carbocycles. The predicted molar refractivity (Wildman–Crippen MR) is 78.7 cm³/mol. The van der Waals surface area contributed by atoms with Crippen molar-refractivity contribution >= 4 is 11.5 Å². The highest BCUT2D eigenvalue weighted by atomic mass is 16.4. The van der Waals surface area contributed by atoms with Gasteiger partial charge in [0.1, 0.15) is 5.56 Å². The number of aromatic carboxylic acids is 1.